The van der Waals surface area contributed by atoms with Gasteiger partial charge in [-0.3, -0.25) is 4.90 Å². The zero-order valence-electron chi connectivity index (χ0n) is 19.6. The summed E-state index contributed by atoms with van der Waals surface area (Å²) >= 11 is 0. The summed E-state index contributed by atoms with van der Waals surface area (Å²) in [6, 6.07) is 27.2. The molecule has 5 rings (SSSR count). The second-order valence-corrected chi connectivity index (χ2v) is 9.13. The van der Waals surface area contributed by atoms with E-state index in [1.807, 2.05) is 0 Å². The monoisotopic (exact) mass is 480 g/mol. The Bertz CT molecular complexity index is 1040. The lowest BCUT2D eigenvalue weighted by atomic mass is 9.86. The minimum Gasteiger partial charge on any atom is -0.378 e. The molecule has 3 aromatic carbocycles. The van der Waals surface area contributed by atoms with E-state index in [0.29, 0.717) is 0 Å². The Balaban J connectivity index is 0.00000153. The topological polar surface area (TPSA) is 6.48 Å². The zero-order chi connectivity index (χ0) is 21.2. The zero-order valence-corrected chi connectivity index (χ0v) is 21.2. The first kappa shape index (κ1) is 25.4. The van der Waals surface area contributed by atoms with Crippen molar-refractivity contribution in [1.82, 2.24) is 4.90 Å². The van der Waals surface area contributed by atoms with Crippen LogP contribution in [0, 0.1) is 0 Å². The molecule has 0 aromatic heterocycles. The van der Waals surface area contributed by atoms with Crippen LogP contribution in [-0.2, 0) is 19.4 Å². The molecule has 0 amide bonds. The third-order valence-corrected chi connectivity index (χ3v) is 6.91. The second-order valence-electron chi connectivity index (χ2n) is 9.13. The molecule has 1 saturated heterocycles. The average Bonchev–Trinajstić information content (AvgIpc) is 2.97. The molecule has 0 atom stereocenters. The molecule has 0 bridgehead atoms. The molecule has 1 heterocycles. The first-order chi connectivity index (χ1) is 15.2. The van der Waals surface area contributed by atoms with Crippen LogP contribution >= 0.6 is 24.8 Å². The second kappa shape index (κ2) is 11.2. The molecule has 4 heteroatoms. The summed E-state index contributed by atoms with van der Waals surface area (Å²) in [6.45, 7) is 3.32. The molecule has 0 N–H and O–H groups in total. The van der Waals surface area contributed by atoms with Crippen molar-refractivity contribution in [3.63, 3.8) is 0 Å². The maximum Gasteiger partial charge on any atom is 0.0361 e. The molecule has 0 radical (unpaired) electrons. The maximum absolute atomic E-state index is 2.61. The minimum absolute atomic E-state index is 0. The molecular formula is C29H34Cl2N2. The molecule has 2 nitrogen and oxygen atoms in total. The van der Waals surface area contributed by atoms with Gasteiger partial charge in [0, 0.05) is 39.4 Å². The van der Waals surface area contributed by atoms with Gasteiger partial charge >= 0.3 is 0 Å². The maximum atomic E-state index is 2.61. The van der Waals surface area contributed by atoms with E-state index in [-0.39, 0.29) is 24.8 Å². The highest BCUT2D eigenvalue weighted by Crippen LogP contribution is 2.38. The molecular weight excluding hydrogens is 447 g/mol. The van der Waals surface area contributed by atoms with Crippen LogP contribution in [0.25, 0.3) is 5.57 Å². The van der Waals surface area contributed by atoms with E-state index in [1.165, 1.54) is 39.1 Å². The van der Waals surface area contributed by atoms with Crippen LogP contribution in [0.1, 0.15) is 40.7 Å². The molecule has 1 aliphatic heterocycles. The normalized spacial score (nSPS) is 15.5. The molecule has 0 spiro atoms. The van der Waals surface area contributed by atoms with Crippen LogP contribution in [0.5, 0.6) is 0 Å². The summed E-state index contributed by atoms with van der Waals surface area (Å²) in [5, 5.41) is 0. The Labute approximate surface area is 211 Å². The molecule has 174 valence electrons. The number of likely N-dealkylation sites (tertiary alicyclic amines) is 1. The molecule has 0 saturated carbocycles. The largest absolute Gasteiger partial charge is 0.378 e. The lowest BCUT2D eigenvalue weighted by molar-refractivity contribution is 0.248. The van der Waals surface area contributed by atoms with Gasteiger partial charge in [0.2, 0.25) is 0 Å². The van der Waals surface area contributed by atoms with E-state index in [9.17, 15) is 0 Å². The highest BCUT2D eigenvalue weighted by atomic mass is 35.5. The average molecular weight is 482 g/mol. The lowest BCUT2D eigenvalue weighted by Gasteiger charge is -2.30. The summed E-state index contributed by atoms with van der Waals surface area (Å²) < 4.78 is 0. The van der Waals surface area contributed by atoms with E-state index < -0.39 is 0 Å². The highest BCUT2D eigenvalue weighted by Gasteiger charge is 2.23. The number of hydrogen-bond acceptors (Lipinski definition) is 2. The fourth-order valence-electron chi connectivity index (χ4n) is 5.15. The standard InChI is InChI=1S/C29H32N2.2ClH/c1-30(2)26-15-11-22(12-16-26)21-31-19-17-25(18-20-31)29-27-9-5-3-7-23(27)13-14-24-8-4-6-10-28(24)29;;/h3-12,15-16H,13-14,17-21H2,1-2H3;2*1H. The van der Waals surface area contributed by atoms with Crippen molar-refractivity contribution in [3.8, 4) is 0 Å². The van der Waals surface area contributed by atoms with Gasteiger partial charge in [-0.15, -0.1) is 24.8 Å². The van der Waals surface area contributed by atoms with E-state index in [0.717, 1.165) is 45.3 Å². The fraction of sp³-hybridized carbons (Fsp3) is 0.310. The predicted octanol–water partition coefficient (Wildman–Crippen LogP) is 6.79. The summed E-state index contributed by atoms with van der Waals surface area (Å²) in [7, 11) is 4.19. The van der Waals surface area contributed by atoms with Crippen molar-refractivity contribution in [2.45, 2.75) is 32.2 Å². The number of hydrogen-bond donors (Lipinski definition) is 0. The fourth-order valence-corrected chi connectivity index (χ4v) is 5.15. The third-order valence-electron chi connectivity index (χ3n) is 6.91. The van der Waals surface area contributed by atoms with E-state index >= 15 is 0 Å². The molecule has 33 heavy (non-hydrogen) atoms. The van der Waals surface area contributed by atoms with Crippen LogP contribution in [-0.4, -0.2) is 32.1 Å². The summed E-state index contributed by atoms with van der Waals surface area (Å²) in [5.74, 6) is 0. The lowest BCUT2D eigenvalue weighted by Crippen LogP contribution is -2.30. The summed E-state index contributed by atoms with van der Waals surface area (Å²) in [4.78, 5) is 4.77. The number of anilines is 1. The Kier molecular flexibility index (Phi) is 8.64. The molecule has 3 aromatic rings. The number of aryl methyl sites for hydroxylation is 2. The number of rotatable bonds is 3. The Morgan fingerprint density at radius 3 is 1.70 bits per heavy atom. The Hall–Kier alpha value is -2.26. The molecule has 1 aliphatic carbocycles. The number of nitrogens with zero attached hydrogens (tertiary/aromatic N) is 2. The third kappa shape index (κ3) is 5.46. The van der Waals surface area contributed by atoms with Crippen molar-refractivity contribution in [3.05, 3.63) is 106 Å². The van der Waals surface area contributed by atoms with Crippen LogP contribution in [0.4, 0.5) is 5.69 Å². The van der Waals surface area contributed by atoms with Crippen LogP contribution in [0.3, 0.4) is 0 Å². The number of halogens is 2. The van der Waals surface area contributed by atoms with E-state index in [2.05, 4.69) is 96.7 Å². The van der Waals surface area contributed by atoms with E-state index in [1.54, 1.807) is 5.57 Å². The van der Waals surface area contributed by atoms with Crippen molar-refractivity contribution in [1.29, 1.82) is 0 Å². The van der Waals surface area contributed by atoms with E-state index in [4.69, 9.17) is 0 Å². The van der Waals surface area contributed by atoms with Gasteiger partial charge in [0.05, 0.1) is 0 Å². The number of fused-ring (bicyclic) bond motifs is 2. The van der Waals surface area contributed by atoms with Crippen LogP contribution < -0.4 is 4.90 Å². The predicted molar refractivity (Wildman–Crippen MR) is 146 cm³/mol. The Morgan fingerprint density at radius 2 is 1.18 bits per heavy atom. The smallest absolute Gasteiger partial charge is 0.0361 e. The van der Waals surface area contributed by atoms with Crippen molar-refractivity contribution in [2.24, 2.45) is 0 Å². The van der Waals surface area contributed by atoms with Gasteiger partial charge in [-0.25, -0.2) is 0 Å². The summed E-state index contributed by atoms with van der Waals surface area (Å²) in [6.07, 6.45) is 4.60. The highest BCUT2D eigenvalue weighted by molar-refractivity contribution is 5.86. The van der Waals surface area contributed by atoms with Gasteiger partial charge in [-0.1, -0.05) is 66.2 Å². The number of piperidine rings is 1. The molecule has 0 unspecified atom stereocenters. The van der Waals surface area contributed by atoms with Crippen molar-refractivity contribution in [2.75, 3.05) is 32.1 Å². The van der Waals surface area contributed by atoms with Gasteiger partial charge in [-0.2, -0.15) is 0 Å². The number of benzene rings is 3. The van der Waals surface area contributed by atoms with Crippen LogP contribution in [0.15, 0.2) is 78.4 Å². The van der Waals surface area contributed by atoms with Crippen molar-refractivity contribution >= 4 is 36.1 Å². The SMILES string of the molecule is CN(C)c1ccc(CN2CCC(=C3c4ccccc4CCc4ccccc43)CC2)cc1.Cl.Cl. The molecule has 1 fully saturated rings. The summed E-state index contributed by atoms with van der Waals surface area (Å²) in [5.41, 5.74) is 11.8. The van der Waals surface area contributed by atoms with Gasteiger partial charge in [-0.05, 0) is 71.2 Å². The molecule has 2 aliphatic rings. The van der Waals surface area contributed by atoms with Gasteiger partial charge in [0.25, 0.3) is 0 Å². The van der Waals surface area contributed by atoms with Gasteiger partial charge < -0.3 is 4.90 Å². The first-order valence-corrected chi connectivity index (χ1v) is 11.6. The Morgan fingerprint density at radius 1 is 0.667 bits per heavy atom. The first-order valence-electron chi connectivity index (χ1n) is 11.6. The van der Waals surface area contributed by atoms with Crippen LogP contribution in [0.2, 0.25) is 0 Å². The quantitative estimate of drug-likeness (QED) is 0.406. The van der Waals surface area contributed by atoms with Gasteiger partial charge in [0.1, 0.15) is 0 Å². The minimum atomic E-state index is 0. The van der Waals surface area contributed by atoms with Gasteiger partial charge in [0.15, 0.2) is 0 Å². The van der Waals surface area contributed by atoms with Crippen molar-refractivity contribution < 1.29 is 0 Å².